The summed E-state index contributed by atoms with van der Waals surface area (Å²) in [5.74, 6) is 1.69. The van der Waals surface area contributed by atoms with E-state index in [9.17, 15) is 4.79 Å². The fourth-order valence-corrected chi connectivity index (χ4v) is 5.39. The number of likely N-dealkylation sites (tertiary alicyclic amines) is 2. The lowest BCUT2D eigenvalue weighted by atomic mass is 9.90. The molecule has 2 saturated heterocycles. The van der Waals surface area contributed by atoms with Crippen molar-refractivity contribution in [2.24, 2.45) is 11.8 Å². The van der Waals surface area contributed by atoms with Gasteiger partial charge in [-0.25, -0.2) is 4.98 Å². The molecule has 2 aromatic carbocycles. The van der Waals surface area contributed by atoms with E-state index in [0.717, 1.165) is 70.3 Å². The SMILES string of the molecule is O=C(CN1CCC(Cn2cnc3ccccc32)CC1)N1CCC(Cc2ccccc2)CC1. The molecule has 1 aromatic heterocycles. The number of imidazole rings is 1. The van der Waals surface area contributed by atoms with Gasteiger partial charge in [-0.3, -0.25) is 9.69 Å². The van der Waals surface area contributed by atoms with Crippen LogP contribution in [0.25, 0.3) is 11.0 Å². The number of hydrogen-bond acceptors (Lipinski definition) is 3. The maximum absolute atomic E-state index is 12.9. The number of rotatable bonds is 6. The molecule has 1 amide bonds. The number of nitrogens with zero attached hydrogens (tertiary/aromatic N) is 4. The first-order chi connectivity index (χ1) is 15.7. The minimum atomic E-state index is 0.321. The van der Waals surface area contributed by atoms with Crippen LogP contribution < -0.4 is 0 Å². The summed E-state index contributed by atoms with van der Waals surface area (Å²) in [7, 11) is 0. The number of piperidine rings is 2. The van der Waals surface area contributed by atoms with E-state index in [0.29, 0.717) is 24.3 Å². The topological polar surface area (TPSA) is 41.4 Å². The summed E-state index contributed by atoms with van der Waals surface area (Å²) in [4.78, 5) is 21.9. The quantitative estimate of drug-likeness (QED) is 0.588. The summed E-state index contributed by atoms with van der Waals surface area (Å²) in [6, 6.07) is 19.1. The Morgan fingerprint density at radius 2 is 1.53 bits per heavy atom. The molecule has 0 aliphatic carbocycles. The zero-order valence-electron chi connectivity index (χ0n) is 18.9. The molecule has 5 heteroatoms. The van der Waals surface area contributed by atoms with Gasteiger partial charge in [-0.05, 0) is 74.7 Å². The fourth-order valence-electron chi connectivity index (χ4n) is 5.39. The van der Waals surface area contributed by atoms with Crippen molar-refractivity contribution in [3.05, 3.63) is 66.5 Å². The van der Waals surface area contributed by atoms with Crippen LogP contribution in [0.4, 0.5) is 0 Å². The highest BCUT2D eigenvalue weighted by atomic mass is 16.2. The van der Waals surface area contributed by atoms with Gasteiger partial charge < -0.3 is 9.47 Å². The zero-order valence-corrected chi connectivity index (χ0v) is 18.9. The van der Waals surface area contributed by atoms with Gasteiger partial charge in [0.15, 0.2) is 0 Å². The molecule has 0 radical (unpaired) electrons. The van der Waals surface area contributed by atoms with E-state index in [1.165, 1.54) is 11.1 Å². The Balaban J connectivity index is 1.05. The van der Waals surface area contributed by atoms with Gasteiger partial charge in [0.1, 0.15) is 0 Å². The van der Waals surface area contributed by atoms with Gasteiger partial charge in [0.25, 0.3) is 0 Å². The van der Waals surface area contributed by atoms with E-state index in [-0.39, 0.29) is 0 Å². The third-order valence-corrected chi connectivity index (χ3v) is 7.38. The Bertz CT molecular complexity index is 1010. The minimum absolute atomic E-state index is 0.321. The molecule has 2 aliphatic rings. The predicted octanol–water partition coefficient (Wildman–Crippen LogP) is 4.23. The average Bonchev–Trinajstić information content (AvgIpc) is 3.24. The number of hydrogen-bond donors (Lipinski definition) is 0. The highest BCUT2D eigenvalue weighted by molar-refractivity contribution is 5.78. The Morgan fingerprint density at radius 3 is 2.31 bits per heavy atom. The van der Waals surface area contributed by atoms with Crippen molar-refractivity contribution in [3.8, 4) is 0 Å². The van der Waals surface area contributed by atoms with Crippen LogP contribution in [-0.2, 0) is 17.8 Å². The highest BCUT2D eigenvalue weighted by Crippen LogP contribution is 2.24. The molecule has 3 aromatic rings. The number of benzene rings is 2. The zero-order chi connectivity index (χ0) is 21.8. The van der Waals surface area contributed by atoms with E-state index < -0.39 is 0 Å². The van der Waals surface area contributed by atoms with Crippen LogP contribution in [0.3, 0.4) is 0 Å². The van der Waals surface area contributed by atoms with Crippen LogP contribution in [0.2, 0.25) is 0 Å². The van der Waals surface area contributed by atoms with Gasteiger partial charge in [-0.1, -0.05) is 42.5 Å². The van der Waals surface area contributed by atoms with Crippen molar-refractivity contribution in [1.29, 1.82) is 0 Å². The molecule has 32 heavy (non-hydrogen) atoms. The van der Waals surface area contributed by atoms with Crippen LogP contribution in [0.5, 0.6) is 0 Å². The molecular formula is C27H34N4O. The van der Waals surface area contributed by atoms with E-state index in [1.54, 1.807) is 0 Å². The summed E-state index contributed by atoms with van der Waals surface area (Å²) in [6.07, 6.45) is 7.67. The average molecular weight is 431 g/mol. The number of para-hydroxylation sites is 2. The Kier molecular flexibility index (Phi) is 6.54. The number of amides is 1. The molecule has 5 rings (SSSR count). The van der Waals surface area contributed by atoms with Crippen LogP contribution in [0, 0.1) is 11.8 Å². The third-order valence-electron chi connectivity index (χ3n) is 7.38. The second kappa shape index (κ2) is 9.86. The van der Waals surface area contributed by atoms with E-state index >= 15 is 0 Å². The standard InChI is InChI=1S/C27H34N4O/c32-27(30-16-12-23(13-17-30)18-22-6-2-1-3-7-22)20-29-14-10-24(11-15-29)19-31-21-28-25-8-4-5-9-26(25)31/h1-9,21,23-24H,10-20H2. The van der Waals surface area contributed by atoms with Gasteiger partial charge in [-0.2, -0.15) is 0 Å². The number of carbonyl (C=O) groups is 1. The Morgan fingerprint density at radius 1 is 0.844 bits per heavy atom. The normalized spacial score (nSPS) is 18.9. The van der Waals surface area contributed by atoms with Crippen LogP contribution in [0.1, 0.15) is 31.2 Å². The molecular weight excluding hydrogens is 396 g/mol. The second-order valence-electron chi connectivity index (χ2n) is 9.62. The Labute approximate surface area is 191 Å². The largest absolute Gasteiger partial charge is 0.342 e. The Hall–Kier alpha value is -2.66. The highest BCUT2D eigenvalue weighted by Gasteiger charge is 2.26. The van der Waals surface area contributed by atoms with Gasteiger partial charge in [-0.15, -0.1) is 0 Å². The molecule has 3 heterocycles. The molecule has 0 saturated carbocycles. The maximum atomic E-state index is 12.9. The number of aromatic nitrogens is 2. The summed E-state index contributed by atoms with van der Waals surface area (Å²) >= 11 is 0. The van der Waals surface area contributed by atoms with Crippen LogP contribution in [0.15, 0.2) is 60.9 Å². The van der Waals surface area contributed by atoms with Crippen LogP contribution >= 0.6 is 0 Å². The molecule has 0 N–H and O–H groups in total. The fraction of sp³-hybridized carbons (Fsp3) is 0.481. The molecule has 0 bridgehead atoms. The van der Waals surface area contributed by atoms with Crippen molar-refractivity contribution in [3.63, 3.8) is 0 Å². The van der Waals surface area contributed by atoms with Gasteiger partial charge >= 0.3 is 0 Å². The predicted molar refractivity (Wildman–Crippen MR) is 128 cm³/mol. The van der Waals surface area contributed by atoms with Crippen molar-refractivity contribution < 1.29 is 4.79 Å². The lowest BCUT2D eigenvalue weighted by molar-refractivity contribution is -0.134. The summed E-state index contributed by atoms with van der Waals surface area (Å²) in [5.41, 5.74) is 3.72. The van der Waals surface area contributed by atoms with Crippen molar-refractivity contribution in [1.82, 2.24) is 19.4 Å². The number of carbonyl (C=O) groups excluding carboxylic acids is 1. The van der Waals surface area contributed by atoms with E-state index in [1.807, 2.05) is 12.4 Å². The van der Waals surface area contributed by atoms with Crippen molar-refractivity contribution in [2.75, 3.05) is 32.7 Å². The third kappa shape index (κ3) is 5.04. The number of fused-ring (bicyclic) bond motifs is 1. The van der Waals surface area contributed by atoms with Gasteiger partial charge in [0.05, 0.1) is 23.9 Å². The molecule has 5 nitrogen and oxygen atoms in total. The van der Waals surface area contributed by atoms with Crippen molar-refractivity contribution in [2.45, 2.75) is 38.6 Å². The monoisotopic (exact) mass is 430 g/mol. The first-order valence-electron chi connectivity index (χ1n) is 12.2. The van der Waals surface area contributed by atoms with Crippen LogP contribution in [-0.4, -0.2) is 58.0 Å². The first kappa shape index (κ1) is 21.2. The summed E-state index contributed by atoms with van der Waals surface area (Å²) in [6.45, 7) is 5.49. The smallest absolute Gasteiger partial charge is 0.236 e. The van der Waals surface area contributed by atoms with Gasteiger partial charge in [0, 0.05) is 19.6 Å². The van der Waals surface area contributed by atoms with E-state index in [2.05, 4.69) is 67.9 Å². The minimum Gasteiger partial charge on any atom is -0.342 e. The molecule has 168 valence electrons. The summed E-state index contributed by atoms with van der Waals surface area (Å²) < 4.78 is 2.29. The molecule has 2 aliphatic heterocycles. The summed E-state index contributed by atoms with van der Waals surface area (Å²) in [5, 5.41) is 0. The molecule has 2 fully saturated rings. The lowest BCUT2D eigenvalue weighted by Gasteiger charge is -2.36. The first-order valence-corrected chi connectivity index (χ1v) is 12.2. The molecule has 0 spiro atoms. The second-order valence-corrected chi connectivity index (χ2v) is 9.62. The van der Waals surface area contributed by atoms with Gasteiger partial charge in [0.2, 0.25) is 5.91 Å². The van der Waals surface area contributed by atoms with E-state index in [4.69, 9.17) is 0 Å². The lowest BCUT2D eigenvalue weighted by Crippen LogP contribution is -2.46. The maximum Gasteiger partial charge on any atom is 0.236 e. The molecule has 0 unspecified atom stereocenters. The van der Waals surface area contributed by atoms with Crippen molar-refractivity contribution >= 4 is 16.9 Å². The molecule has 0 atom stereocenters.